The second-order valence-electron chi connectivity index (χ2n) is 12.5. The largest absolute Gasteiger partial charge is 0.308 e. The van der Waals surface area contributed by atoms with Gasteiger partial charge in [0.15, 0.2) is 0 Å². The van der Waals surface area contributed by atoms with Gasteiger partial charge >= 0.3 is 0 Å². The topological polar surface area (TPSA) is 8.17 Å². The smallest absolute Gasteiger partial charge is 0.0782 e. The van der Waals surface area contributed by atoms with Crippen molar-refractivity contribution in [1.29, 1.82) is 0 Å². The first-order chi connectivity index (χ1) is 24.3. The van der Waals surface area contributed by atoms with Crippen molar-refractivity contribution in [3.63, 3.8) is 0 Å². The number of anilines is 3. The van der Waals surface area contributed by atoms with Gasteiger partial charge in [0, 0.05) is 47.7 Å². The average Bonchev–Trinajstić information content (AvgIpc) is 3.72. The SMILES string of the molecule is c1ccc(-c2ccc(N(c3cc4sc5ccccc5c4c4ccccc34)c3cccc4c5ccccc5n(-c5ccccc5)c34)cc2)cc1. The molecule has 0 aliphatic rings. The van der Waals surface area contributed by atoms with Crippen LogP contribution in [0.25, 0.3) is 69.6 Å². The summed E-state index contributed by atoms with van der Waals surface area (Å²) in [6.45, 7) is 0. The highest BCUT2D eigenvalue weighted by atomic mass is 32.1. The average molecular weight is 643 g/mol. The molecule has 8 aromatic carbocycles. The zero-order valence-corrected chi connectivity index (χ0v) is 27.4. The van der Waals surface area contributed by atoms with Crippen LogP contribution in [0.3, 0.4) is 0 Å². The van der Waals surface area contributed by atoms with E-state index in [1.807, 2.05) is 11.3 Å². The predicted octanol–water partition coefficient (Wildman–Crippen LogP) is 13.4. The number of fused-ring (bicyclic) bond motifs is 8. The van der Waals surface area contributed by atoms with Gasteiger partial charge in [-0.2, -0.15) is 0 Å². The summed E-state index contributed by atoms with van der Waals surface area (Å²) in [4.78, 5) is 2.49. The lowest BCUT2D eigenvalue weighted by atomic mass is 10.00. The molecular weight excluding hydrogens is 613 g/mol. The normalized spacial score (nSPS) is 11.7. The number of nitrogens with zero attached hydrogens (tertiary/aromatic N) is 2. The summed E-state index contributed by atoms with van der Waals surface area (Å²) < 4.78 is 5.03. The first-order valence-corrected chi connectivity index (χ1v) is 17.5. The van der Waals surface area contributed by atoms with Crippen LogP contribution in [0.1, 0.15) is 0 Å². The molecule has 0 unspecified atom stereocenters. The Morgan fingerprint density at radius 2 is 1.02 bits per heavy atom. The van der Waals surface area contributed by atoms with Crippen LogP contribution in [-0.4, -0.2) is 4.57 Å². The molecule has 230 valence electrons. The molecule has 0 aliphatic carbocycles. The number of para-hydroxylation sites is 3. The van der Waals surface area contributed by atoms with Gasteiger partial charge in [-0.15, -0.1) is 11.3 Å². The standard InChI is InChI=1S/C46H30N2S/c1-3-14-31(15-4-1)32-26-28-34(29-27-32)47(42-30-44-45(37-20-8-7-18-35(37)42)39-21-10-12-25-43(39)49-44)41-24-13-22-38-36-19-9-11-23-40(36)48(46(38)41)33-16-5-2-6-17-33/h1-30H. The van der Waals surface area contributed by atoms with E-state index in [2.05, 4.69) is 191 Å². The monoisotopic (exact) mass is 642 g/mol. The van der Waals surface area contributed by atoms with E-state index in [1.54, 1.807) is 0 Å². The number of aromatic nitrogens is 1. The molecule has 2 aromatic heterocycles. The van der Waals surface area contributed by atoms with Crippen molar-refractivity contribution in [3.05, 3.63) is 182 Å². The molecule has 0 N–H and O–H groups in total. The number of rotatable bonds is 5. The highest BCUT2D eigenvalue weighted by Crippen LogP contribution is 2.49. The lowest BCUT2D eigenvalue weighted by Crippen LogP contribution is -2.12. The van der Waals surface area contributed by atoms with E-state index in [-0.39, 0.29) is 0 Å². The molecule has 0 aliphatic heterocycles. The van der Waals surface area contributed by atoms with Crippen LogP contribution in [0, 0.1) is 0 Å². The minimum atomic E-state index is 1.11. The highest BCUT2D eigenvalue weighted by molar-refractivity contribution is 7.26. The fraction of sp³-hybridized carbons (Fsp3) is 0. The zero-order valence-electron chi connectivity index (χ0n) is 26.6. The van der Waals surface area contributed by atoms with Crippen LogP contribution in [0.5, 0.6) is 0 Å². The molecule has 0 saturated heterocycles. The second-order valence-corrected chi connectivity index (χ2v) is 13.6. The molecule has 49 heavy (non-hydrogen) atoms. The third-order valence-electron chi connectivity index (χ3n) is 9.77. The Morgan fingerprint density at radius 1 is 0.408 bits per heavy atom. The van der Waals surface area contributed by atoms with Crippen molar-refractivity contribution >= 4 is 81.1 Å². The lowest BCUT2D eigenvalue weighted by Gasteiger charge is -2.29. The first kappa shape index (κ1) is 27.9. The Kier molecular flexibility index (Phi) is 6.39. The zero-order chi connectivity index (χ0) is 32.3. The van der Waals surface area contributed by atoms with E-state index >= 15 is 0 Å². The van der Waals surface area contributed by atoms with Crippen molar-refractivity contribution in [2.45, 2.75) is 0 Å². The molecular formula is C46H30N2S. The molecule has 0 atom stereocenters. The van der Waals surface area contributed by atoms with Crippen LogP contribution in [0.15, 0.2) is 182 Å². The Hall–Kier alpha value is -6.16. The van der Waals surface area contributed by atoms with E-state index in [9.17, 15) is 0 Å². The summed E-state index contributed by atoms with van der Waals surface area (Å²) in [6.07, 6.45) is 0. The van der Waals surface area contributed by atoms with Crippen LogP contribution in [0.2, 0.25) is 0 Å². The van der Waals surface area contributed by atoms with Gasteiger partial charge in [0.25, 0.3) is 0 Å². The maximum absolute atomic E-state index is 2.49. The molecule has 0 spiro atoms. The number of benzene rings is 8. The van der Waals surface area contributed by atoms with E-state index in [0.717, 1.165) is 17.1 Å². The van der Waals surface area contributed by atoms with Gasteiger partial charge < -0.3 is 9.47 Å². The molecule has 2 heterocycles. The summed E-state index contributed by atoms with van der Waals surface area (Å²) in [7, 11) is 0. The van der Waals surface area contributed by atoms with Crippen LogP contribution >= 0.6 is 11.3 Å². The Morgan fingerprint density at radius 3 is 1.82 bits per heavy atom. The van der Waals surface area contributed by atoms with E-state index < -0.39 is 0 Å². The van der Waals surface area contributed by atoms with E-state index in [1.165, 1.54) is 69.6 Å². The molecule has 0 radical (unpaired) electrons. The van der Waals surface area contributed by atoms with E-state index in [4.69, 9.17) is 0 Å². The number of thiophene rings is 1. The lowest BCUT2D eigenvalue weighted by molar-refractivity contribution is 1.17. The van der Waals surface area contributed by atoms with Crippen molar-refractivity contribution < 1.29 is 0 Å². The van der Waals surface area contributed by atoms with Gasteiger partial charge in [-0.1, -0.05) is 133 Å². The summed E-state index contributed by atoms with van der Waals surface area (Å²) >= 11 is 1.87. The summed E-state index contributed by atoms with van der Waals surface area (Å²) in [5.41, 5.74) is 9.35. The minimum Gasteiger partial charge on any atom is -0.308 e. The molecule has 10 rings (SSSR count). The van der Waals surface area contributed by atoms with Crippen molar-refractivity contribution in [3.8, 4) is 16.8 Å². The quantitative estimate of drug-likeness (QED) is 0.181. The van der Waals surface area contributed by atoms with Gasteiger partial charge in [-0.25, -0.2) is 0 Å². The molecule has 0 saturated carbocycles. The first-order valence-electron chi connectivity index (χ1n) is 16.7. The van der Waals surface area contributed by atoms with Crippen LogP contribution < -0.4 is 4.90 Å². The molecule has 0 amide bonds. The van der Waals surface area contributed by atoms with Gasteiger partial charge in [0.1, 0.15) is 0 Å². The Bertz CT molecular complexity index is 2810. The Labute approximate surface area is 288 Å². The summed E-state index contributed by atoms with van der Waals surface area (Å²) in [5, 5.41) is 7.62. The molecule has 10 aromatic rings. The van der Waals surface area contributed by atoms with Gasteiger partial charge in [-0.05, 0) is 65.0 Å². The predicted molar refractivity (Wildman–Crippen MR) is 211 cm³/mol. The maximum atomic E-state index is 2.49. The fourth-order valence-corrected chi connectivity index (χ4v) is 8.78. The van der Waals surface area contributed by atoms with Crippen molar-refractivity contribution in [1.82, 2.24) is 4.57 Å². The third-order valence-corrected chi connectivity index (χ3v) is 10.9. The summed E-state index contributed by atoms with van der Waals surface area (Å²) in [5.74, 6) is 0. The molecule has 0 bridgehead atoms. The molecule has 2 nitrogen and oxygen atoms in total. The van der Waals surface area contributed by atoms with Crippen LogP contribution in [-0.2, 0) is 0 Å². The Balaban J connectivity index is 1.32. The number of hydrogen-bond donors (Lipinski definition) is 0. The highest BCUT2D eigenvalue weighted by Gasteiger charge is 2.24. The molecule has 3 heteroatoms. The number of hydrogen-bond acceptors (Lipinski definition) is 2. The summed E-state index contributed by atoms with van der Waals surface area (Å²) in [6, 6.07) is 66.1. The van der Waals surface area contributed by atoms with E-state index in [0.29, 0.717) is 0 Å². The maximum Gasteiger partial charge on any atom is 0.0782 e. The fourth-order valence-electron chi connectivity index (χ4n) is 7.62. The third kappa shape index (κ3) is 4.40. The second kappa shape index (κ2) is 11.2. The molecule has 0 fully saturated rings. The minimum absolute atomic E-state index is 1.11. The van der Waals surface area contributed by atoms with Crippen molar-refractivity contribution in [2.75, 3.05) is 4.90 Å². The van der Waals surface area contributed by atoms with Crippen LogP contribution in [0.4, 0.5) is 17.1 Å². The van der Waals surface area contributed by atoms with Crippen molar-refractivity contribution in [2.24, 2.45) is 0 Å². The van der Waals surface area contributed by atoms with Gasteiger partial charge in [0.2, 0.25) is 0 Å². The van der Waals surface area contributed by atoms with Gasteiger partial charge in [-0.3, -0.25) is 0 Å². The van der Waals surface area contributed by atoms with Gasteiger partial charge in [0.05, 0.1) is 22.4 Å².